The van der Waals surface area contributed by atoms with Crippen molar-refractivity contribution in [3.63, 3.8) is 0 Å². The summed E-state index contributed by atoms with van der Waals surface area (Å²) < 4.78 is 40.2. The minimum Gasteiger partial charge on any atom is -0.397 e. The number of benzene rings is 1. The topological polar surface area (TPSA) is 83.8 Å². The van der Waals surface area contributed by atoms with E-state index in [1.54, 1.807) is 0 Å². The minimum absolute atomic E-state index is 0.0440. The molecule has 0 fully saturated rings. The smallest absolute Gasteiger partial charge is 0.397 e. The molecule has 5 nitrogen and oxygen atoms in total. The molecule has 0 radical (unpaired) electrons. The molecule has 0 saturated carbocycles. The van der Waals surface area contributed by atoms with Crippen molar-refractivity contribution in [2.45, 2.75) is 19.5 Å². The lowest BCUT2D eigenvalue weighted by Gasteiger charge is -2.09. The van der Waals surface area contributed by atoms with E-state index in [9.17, 15) is 18.0 Å². The van der Waals surface area contributed by atoms with E-state index >= 15 is 0 Å². The first-order chi connectivity index (χ1) is 13.8. The molecular formula is C20H17F3N4OS. The molecule has 4 aromatic rings. The van der Waals surface area contributed by atoms with Gasteiger partial charge in [0.05, 0.1) is 11.3 Å². The summed E-state index contributed by atoms with van der Waals surface area (Å²) >= 11 is 0.873. The molecule has 0 aliphatic carbocycles. The lowest BCUT2D eigenvalue weighted by molar-refractivity contribution is -0.136. The van der Waals surface area contributed by atoms with Crippen molar-refractivity contribution in [1.29, 1.82) is 0 Å². The van der Waals surface area contributed by atoms with Gasteiger partial charge in [0, 0.05) is 34.7 Å². The lowest BCUT2D eigenvalue weighted by Crippen LogP contribution is -2.25. The van der Waals surface area contributed by atoms with Crippen LogP contribution in [-0.2, 0) is 12.6 Å². The Balaban J connectivity index is 1.56. The summed E-state index contributed by atoms with van der Waals surface area (Å²) in [5.41, 5.74) is 7.14. The van der Waals surface area contributed by atoms with E-state index in [1.807, 2.05) is 30.5 Å². The number of nitrogens with one attached hydrogen (secondary N) is 2. The van der Waals surface area contributed by atoms with Crippen molar-refractivity contribution in [3.05, 3.63) is 58.2 Å². The number of carbonyl (C=O) groups is 1. The van der Waals surface area contributed by atoms with Crippen molar-refractivity contribution in [2.24, 2.45) is 0 Å². The quantitative estimate of drug-likeness (QED) is 0.451. The Bertz CT molecular complexity index is 1230. The fourth-order valence-electron chi connectivity index (χ4n) is 3.37. The number of amides is 1. The third-order valence-electron chi connectivity index (χ3n) is 4.69. The van der Waals surface area contributed by atoms with Crippen molar-refractivity contribution in [1.82, 2.24) is 15.3 Å². The molecule has 0 bridgehead atoms. The van der Waals surface area contributed by atoms with E-state index < -0.39 is 17.6 Å². The van der Waals surface area contributed by atoms with Gasteiger partial charge in [0.15, 0.2) is 0 Å². The van der Waals surface area contributed by atoms with Crippen LogP contribution in [0.2, 0.25) is 0 Å². The van der Waals surface area contributed by atoms with E-state index in [2.05, 4.69) is 15.3 Å². The Kier molecular flexibility index (Phi) is 4.70. The van der Waals surface area contributed by atoms with Crippen LogP contribution in [0.1, 0.15) is 26.5 Å². The molecule has 29 heavy (non-hydrogen) atoms. The summed E-state index contributed by atoms with van der Waals surface area (Å²) in [6.45, 7) is 1.80. The molecule has 0 unspecified atom stereocenters. The normalized spacial score (nSPS) is 12.0. The molecule has 1 amide bonds. The number of thiophene rings is 1. The third kappa shape index (κ3) is 3.53. The fraction of sp³-hybridized carbons (Fsp3) is 0.200. The van der Waals surface area contributed by atoms with Crippen LogP contribution in [0.4, 0.5) is 18.9 Å². The minimum atomic E-state index is -4.58. The Hall–Kier alpha value is -3.07. The first kappa shape index (κ1) is 19.3. The standard InChI is InChI=1S/C20H17F3N4OS/c1-10-8-13(20(21,22)23)15-16(24)17(29-19(15)27-10)18(28)25-7-6-11-9-26-14-5-3-2-4-12(11)14/h2-5,8-9,26H,6-7,24H2,1H3,(H,25,28). The van der Waals surface area contributed by atoms with Crippen LogP contribution in [0, 0.1) is 6.92 Å². The third-order valence-corrected chi connectivity index (χ3v) is 5.79. The van der Waals surface area contributed by atoms with Crippen LogP contribution in [0.5, 0.6) is 0 Å². The van der Waals surface area contributed by atoms with E-state index in [4.69, 9.17) is 5.73 Å². The molecule has 9 heteroatoms. The van der Waals surface area contributed by atoms with Gasteiger partial charge in [-0.05, 0) is 31.0 Å². The molecule has 150 valence electrons. The number of nitrogens with zero attached hydrogens (tertiary/aromatic N) is 1. The number of aryl methyl sites for hydroxylation is 1. The summed E-state index contributed by atoms with van der Waals surface area (Å²) in [5, 5.41) is 3.60. The largest absolute Gasteiger partial charge is 0.417 e. The maximum atomic E-state index is 13.4. The molecule has 0 aliphatic rings. The SMILES string of the molecule is Cc1cc(C(F)(F)F)c2c(N)c(C(=O)NCCc3c[nH]c4ccccc34)sc2n1. The second-order valence-corrected chi connectivity index (χ2v) is 7.70. The summed E-state index contributed by atoms with van der Waals surface area (Å²) in [4.78, 5) is 20.0. The Labute approximate surface area is 167 Å². The van der Waals surface area contributed by atoms with Gasteiger partial charge in [0.1, 0.15) is 9.71 Å². The summed E-state index contributed by atoms with van der Waals surface area (Å²) in [6.07, 6.45) is -2.12. The highest BCUT2D eigenvalue weighted by Crippen LogP contribution is 2.42. The van der Waals surface area contributed by atoms with Crippen LogP contribution in [0.15, 0.2) is 36.5 Å². The number of rotatable bonds is 4. The number of pyridine rings is 1. The van der Waals surface area contributed by atoms with Crippen molar-refractivity contribution in [2.75, 3.05) is 12.3 Å². The lowest BCUT2D eigenvalue weighted by atomic mass is 10.1. The number of anilines is 1. The van der Waals surface area contributed by atoms with Gasteiger partial charge in [-0.1, -0.05) is 18.2 Å². The molecule has 3 heterocycles. The fourth-order valence-corrected chi connectivity index (χ4v) is 4.45. The van der Waals surface area contributed by atoms with E-state index in [0.29, 0.717) is 13.0 Å². The van der Waals surface area contributed by atoms with Crippen LogP contribution < -0.4 is 11.1 Å². The predicted molar refractivity (Wildman–Crippen MR) is 108 cm³/mol. The monoisotopic (exact) mass is 418 g/mol. The van der Waals surface area contributed by atoms with E-state index in [0.717, 1.165) is 33.9 Å². The average Bonchev–Trinajstić information content (AvgIpc) is 3.22. The van der Waals surface area contributed by atoms with Crippen LogP contribution in [-0.4, -0.2) is 22.4 Å². The molecule has 0 atom stereocenters. The second-order valence-electron chi connectivity index (χ2n) is 6.70. The van der Waals surface area contributed by atoms with Crippen molar-refractivity contribution in [3.8, 4) is 0 Å². The number of nitrogen functional groups attached to an aromatic ring is 1. The number of nitrogens with two attached hydrogens (primary N) is 1. The van der Waals surface area contributed by atoms with Gasteiger partial charge in [-0.3, -0.25) is 4.79 Å². The van der Waals surface area contributed by atoms with E-state index in [-0.39, 0.29) is 26.5 Å². The van der Waals surface area contributed by atoms with Gasteiger partial charge in [-0.2, -0.15) is 13.2 Å². The number of aromatic nitrogens is 2. The average molecular weight is 418 g/mol. The molecule has 4 N–H and O–H groups in total. The van der Waals surface area contributed by atoms with Gasteiger partial charge in [0.2, 0.25) is 0 Å². The van der Waals surface area contributed by atoms with Gasteiger partial charge < -0.3 is 16.0 Å². The predicted octanol–water partition coefficient (Wildman–Crippen LogP) is 4.66. The molecule has 4 rings (SSSR count). The molecule has 0 saturated heterocycles. The number of para-hydroxylation sites is 1. The van der Waals surface area contributed by atoms with Crippen LogP contribution >= 0.6 is 11.3 Å². The highest BCUT2D eigenvalue weighted by atomic mass is 32.1. The van der Waals surface area contributed by atoms with Crippen LogP contribution in [0.25, 0.3) is 21.1 Å². The van der Waals surface area contributed by atoms with Gasteiger partial charge in [0.25, 0.3) is 5.91 Å². The van der Waals surface area contributed by atoms with Gasteiger partial charge in [-0.25, -0.2) is 4.98 Å². The van der Waals surface area contributed by atoms with Gasteiger partial charge >= 0.3 is 6.18 Å². The summed E-state index contributed by atoms with van der Waals surface area (Å²) in [6, 6.07) is 8.76. The second kappa shape index (κ2) is 7.07. The highest BCUT2D eigenvalue weighted by molar-refractivity contribution is 7.21. The van der Waals surface area contributed by atoms with Crippen LogP contribution in [0.3, 0.4) is 0 Å². The molecule has 0 aliphatic heterocycles. The zero-order valence-electron chi connectivity index (χ0n) is 15.4. The number of carbonyl (C=O) groups excluding carboxylic acids is 1. The molecule has 1 aromatic carbocycles. The molecular weight excluding hydrogens is 401 g/mol. The number of fused-ring (bicyclic) bond motifs is 2. The zero-order valence-corrected chi connectivity index (χ0v) is 16.2. The Morgan fingerprint density at radius 1 is 1.31 bits per heavy atom. The zero-order chi connectivity index (χ0) is 20.8. The maximum Gasteiger partial charge on any atom is 0.417 e. The number of H-pyrrole nitrogens is 1. The maximum absolute atomic E-state index is 13.4. The molecule has 0 spiro atoms. The van der Waals surface area contributed by atoms with Gasteiger partial charge in [-0.15, -0.1) is 11.3 Å². The first-order valence-corrected chi connectivity index (χ1v) is 9.67. The molecule has 3 aromatic heterocycles. The van der Waals surface area contributed by atoms with Crippen molar-refractivity contribution < 1.29 is 18.0 Å². The number of alkyl halides is 3. The highest BCUT2D eigenvalue weighted by Gasteiger charge is 2.35. The summed E-state index contributed by atoms with van der Waals surface area (Å²) in [5.74, 6) is -0.504. The number of aromatic amines is 1. The number of halogens is 3. The Morgan fingerprint density at radius 3 is 2.83 bits per heavy atom. The number of hydrogen-bond acceptors (Lipinski definition) is 4. The van der Waals surface area contributed by atoms with Crippen molar-refractivity contribution >= 4 is 44.1 Å². The first-order valence-electron chi connectivity index (χ1n) is 8.85. The summed E-state index contributed by atoms with van der Waals surface area (Å²) in [7, 11) is 0. The van der Waals surface area contributed by atoms with E-state index in [1.165, 1.54) is 6.92 Å². The number of hydrogen-bond donors (Lipinski definition) is 3. The Morgan fingerprint density at radius 2 is 2.07 bits per heavy atom.